The monoisotopic (exact) mass is 467 g/mol. The molecule has 0 spiro atoms. The highest BCUT2D eigenvalue weighted by molar-refractivity contribution is 7.10. The van der Waals surface area contributed by atoms with Crippen molar-refractivity contribution >= 4 is 46.1 Å². The number of rotatable bonds is 5. The van der Waals surface area contributed by atoms with Crippen molar-refractivity contribution in [3.05, 3.63) is 86.6 Å². The fraction of sp³-hybridized carbons (Fsp3) is 0.200. The fourth-order valence-corrected chi connectivity index (χ4v) is 4.66. The number of benzene rings is 2. The zero-order chi connectivity index (χ0) is 23.0. The zero-order valence-corrected chi connectivity index (χ0v) is 19.4. The molecule has 2 aromatic carbocycles. The second-order valence-corrected chi connectivity index (χ2v) is 9.20. The molecule has 1 N–H and O–H groups in total. The number of carbonyl (C=O) groups excluding carboxylic acids is 2. The molecule has 0 aliphatic carbocycles. The molecule has 1 aliphatic rings. The minimum atomic E-state index is -0.750. The number of thiophene rings is 1. The van der Waals surface area contributed by atoms with Gasteiger partial charge in [0.25, 0.3) is 11.7 Å². The summed E-state index contributed by atoms with van der Waals surface area (Å²) in [7, 11) is 0. The van der Waals surface area contributed by atoms with E-state index in [0.717, 1.165) is 10.4 Å². The zero-order valence-electron chi connectivity index (χ0n) is 17.8. The number of ether oxygens (including phenoxy) is 1. The summed E-state index contributed by atoms with van der Waals surface area (Å²) in [6.45, 7) is 5.71. The van der Waals surface area contributed by atoms with Crippen molar-refractivity contribution in [3.8, 4) is 5.75 Å². The van der Waals surface area contributed by atoms with Gasteiger partial charge in [0.15, 0.2) is 0 Å². The second kappa shape index (κ2) is 8.81. The molecule has 32 heavy (non-hydrogen) atoms. The molecule has 1 amide bonds. The van der Waals surface area contributed by atoms with Crippen LogP contribution in [0.25, 0.3) is 5.76 Å². The van der Waals surface area contributed by atoms with Crippen LogP contribution in [-0.2, 0) is 9.59 Å². The van der Waals surface area contributed by atoms with Gasteiger partial charge in [0.1, 0.15) is 17.6 Å². The van der Waals surface area contributed by atoms with Crippen LogP contribution >= 0.6 is 22.9 Å². The van der Waals surface area contributed by atoms with E-state index in [9.17, 15) is 14.7 Å². The largest absolute Gasteiger partial charge is 0.507 e. The summed E-state index contributed by atoms with van der Waals surface area (Å²) >= 11 is 7.71. The Balaban J connectivity index is 1.84. The van der Waals surface area contributed by atoms with Gasteiger partial charge in [0.05, 0.1) is 11.7 Å². The lowest BCUT2D eigenvalue weighted by molar-refractivity contribution is -0.132. The number of aryl methyl sites for hydroxylation is 1. The molecule has 3 aromatic rings. The summed E-state index contributed by atoms with van der Waals surface area (Å²) in [6, 6.07) is 15.0. The topological polar surface area (TPSA) is 66.8 Å². The van der Waals surface area contributed by atoms with Crippen LogP contribution in [0.3, 0.4) is 0 Å². The van der Waals surface area contributed by atoms with E-state index in [4.69, 9.17) is 16.3 Å². The molecule has 0 saturated carbocycles. The molecule has 0 radical (unpaired) electrons. The van der Waals surface area contributed by atoms with Crippen LogP contribution < -0.4 is 9.64 Å². The van der Waals surface area contributed by atoms with Crippen LogP contribution in [0.2, 0.25) is 5.02 Å². The summed E-state index contributed by atoms with van der Waals surface area (Å²) in [6.07, 6.45) is 0.0138. The van der Waals surface area contributed by atoms with Crippen LogP contribution in [-0.4, -0.2) is 22.9 Å². The first kappa shape index (κ1) is 22.1. The van der Waals surface area contributed by atoms with Crippen LogP contribution in [0, 0.1) is 6.92 Å². The lowest BCUT2D eigenvalue weighted by atomic mass is 9.99. The highest BCUT2D eigenvalue weighted by atomic mass is 35.5. The smallest absolute Gasteiger partial charge is 0.300 e. The Hall–Kier alpha value is -3.09. The molecule has 1 saturated heterocycles. The van der Waals surface area contributed by atoms with Gasteiger partial charge in [-0.2, -0.15) is 0 Å². The van der Waals surface area contributed by atoms with Crippen molar-refractivity contribution < 1.29 is 19.4 Å². The normalized spacial score (nSPS) is 17.9. The third-order valence-corrected chi connectivity index (χ3v) is 6.52. The van der Waals surface area contributed by atoms with Gasteiger partial charge in [0, 0.05) is 21.2 Å². The minimum absolute atomic E-state index is 0.0138. The Morgan fingerprint density at radius 2 is 1.84 bits per heavy atom. The third-order valence-electron chi connectivity index (χ3n) is 5.19. The van der Waals surface area contributed by atoms with E-state index in [1.807, 2.05) is 38.3 Å². The fourth-order valence-electron chi connectivity index (χ4n) is 3.67. The molecule has 1 unspecified atom stereocenters. The van der Waals surface area contributed by atoms with Crippen molar-refractivity contribution in [2.45, 2.75) is 32.9 Å². The maximum atomic E-state index is 13.1. The molecule has 1 aromatic heterocycles. The van der Waals surface area contributed by atoms with Crippen LogP contribution in [0.5, 0.6) is 5.75 Å². The van der Waals surface area contributed by atoms with Gasteiger partial charge in [-0.05, 0) is 74.2 Å². The quantitative estimate of drug-likeness (QED) is 0.278. The SMILES string of the molecule is Cc1ccc(N2C(=O)C(=O)/C(=C(\O)c3ccc(OC(C)C)cc3)C2c2cccs2)cc1Cl. The lowest BCUT2D eigenvalue weighted by Gasteiger charge is -2.24. The van der Waals surface area contributed by atoms with Crippen molar-refractivity contribution in [2.24, 2.45) is 0 Å². The number of aliphatic hydroxyl groups is 1. The third kappa shape index (κ3) is 4.04. The van der Waals surface area contributed by atoms with Crippen molar-refractivity contribution in [1.82, 2.24) is 0 Å². The van der Waals surface area contributed by atoms with Crippen LogP contribution in [0.4, 0.5) is 5.69 Å². The van der Waals surface area contributed by atoms with E-state index in [-0.39, 0.29) is 17.4 Å². The van der Waals surface area contributed by atoms with Gasteiger partial charge in [-0.15, -0.1) is 11.3 Å². The van der Waals surface area contributed by atoms with Gasteiger partial charge in [-0.25, -0.2) is 0 Å². The molecular weight excluding hydrogens is 446 g/mol. The molecule has 164 valence electrons. The molecule has 2 heterocycles. The van der Waals surface area contributed by atoms with Gasteiger partial charge in [0.2, 0.25) is 0 Å². The first-order valence-electron chi connectivity index (χ1n) is 10.2. The van der Waals surface area contributed by atoms with E-state index in [1.54, 1.807) is 42.5 Å². The van der Waals surface area contributed by atoms with E-state index >= 15 is 0 Å². The molecule has 1 fully saturated rings. The van der Waals surface area contributed by atoms with Gasteiger partial charge >= 0.3 is 0 Å². The number of hydrogen-bond donors (Lipinski definition) is 1. The Morgan fingerprint density at radius 1 is 1.12 bits per heavy atom. The Morgan fingerprint density at radius 3 is 2.44 bits per heavy atom. The first-order chi connectivity index (χ1) is 15.3. The highest BCUT2D eigenvalue weighted by Gasteiger charge is 2.47. The lowest BCUT2D eigenvalue weighted by Crippen LogP contribution is -2.29. The predicted molar refractivity (Wildman–Crippen MR) is 127 cm³/mol. The van der Waals surface area contributed by atoms with E-state index in [1.165, 1.54) is 16.2 Å². The Kier molecular flexibility index (Phi) is 6.09. The van der Waals surface area contributed by atoms with Crippen LogP contribution in [0.15, 0.2) is 65.6 Å². The average molecular weight is 468 g/mol. The molecule has 1 atom stereocenters. The van der Waals surface area contributed by atoms with Crippen molar-refractivity contribution in [2.75, 3.05) is 4.90 Å². The van der Waals surface area contributed by atoms with Crippen LogP contribution in [0.1, 0.15) is 35.9 Å². The van der Waals surface area contributed by atoms with E-state index < -0.39 is 17.7 Å². The van der Waals surface area contributed by atoms with E-state index in [2.05, 4.69) is 0 Å². The summed E-state index contributed by atoms with van der Waals surface area (Å²) < 4.78 is 5.65. The summed E-state index contributed by atoms with van der Waals surface area (Å²) in [5.41, 5.74) is 1.85. The summed E-state index contributed by atoms with van der Waals surface area (Å²) in [5.74, 6) is -1.01. The number of anilines is 1. The maximum Gasteiger partial charge on any atom is 0.300 e. The van der Waals surface area contributed by atoms with Crippen molar-refractivity contribution in [3.63, 3.8) is 0 Å². The number of carbonyl (C=O) groups is 2. The molecule has 4 rings (SSSR count). The molecule has 1 aliphatic heterocycles. The number of ketones is 1. The molecule has 0 bridgehead atoms. The number of hydrogen-bond acceptors (Lipinski definition) is 5. The van der Waals surface area contributed by atoms with Gasteiger partial charge < -0.3 is 9.84 Å². The van der Waals surface area contributed by atoms with E-state index in [0.29, 0.717) is 22.0 Å². The Labute approximate surface area is 195 Å². The maximum absolute atomic E-state index is 13.1. The predicted octanol–water partition coefficient (Wildman–Crippen LogP) is 6.12. The average Bonchev–Trinajstić information content (AvgIpc) is 3.37. The number of halogens is 1. The second-order valence-electron chi connectivity index (χ2n) is 7.81. The molecular formula is C25H22ClNO4S. The van der Waals surface area contributed by atoms with Gasteiger partial charge in [-0.3, -0.25) is 14.5 Å². The highest BCUT2D eigenvalue weighted by Crippen LogP contribution is 2.44. The number of aliphatic hydroxyl groups excluding tert-OH is 1. The number of nitrogens with zero attached hydrogens (tertiary/aromatic N) is 1. The minimum Gasteiger partial charge on any atom is -0.507 e. The summed E-state index contributed by atoms with van der Waals surface area (Å²) in [4.78, 5) is 28.4. The molecule has 7 heteroatoms. The van der Waals surface area contributed by atoms with Gasteiger partial charge in [-0.1, -0.05) is 23.7 Å². The number of amides is 1. The Bertz CT molecular complexity index is 1200. The first-order valence-corrected chi connectivity index (χ1v) is 11.4. The summed E-state index contributed by atoms with van der Waals surface area (Å²) in [5, 5.41) is 13.5. The standard InChI is InChI=1S/C25H22ClNO4S/c1-14(2)31-18-10-7-16(8-11-18)23(28)21-22(20-5-4-12-32-20)27(25(30)24(21)29)17-9-6-15(3)19(26)13-17/h4-14,22,28H,1-3H3/b23-21-. The molecule has 5 nitrogen and oxygen atoms in total. The van der Waals surface area contributed by atoms with Crippen molar-refractivity contribution in [1.29, 1.82) is 0 Å². The number of Topliss-reactive ketones (excluding diaryl/α,β-unsaturated/α-hetero) is 1.